The van der Waals surface area contributed by atoms with Gasteiger partial charge in [-0.1, -0.05) is 54.1 Å². The molecule has 0 aliphatic carbocycles. The standard InChI is InChI=1S/C19H13ClN2O2S/c1-25(23,24)19-17(13-5-3-2-4-6-13)15(11-21)12-22-18(19)14-7-9-16(20)10-8-14/h2-10,12H,1H3. The number of aromatic nitrogens is 1. The summed E-state index contributed by atoms with van der Waals surface area (Å²) in [5.74, 6) is 0. The summed E-state index contributed by atoms with van der Waals surface area (Å²) in [5, 5.41) is 10.0. The van der Waals surface area contributed by atoms with Crippen LogP contribution in [0.2, 0.25) is 5.02 Å². The van der Waals surface area contributed by atoms with E-state index in [9.17, 15) is 13.7 Å². The number of hydrogen-bond donors (Lipinski definition) is 0. The largest absolute Gasteiger partial charge is 0.253 e. The van der Waals surface area contributed by atoms with Crippen LogP contribution in [-0.2, 0) is 9.84 Å². The average Bonchev–Trinajstić information content (AvgIpc) is 2.61. The minimum atomic E-state index is -3.65. The zero-order chi connectivity index (χ0) is 18.0. The van der Waals surface area contributed by atoms with Crippen molar-refractivity contribution in [1.29, 1.82) is 5.26 Å². The van der Waals surface area contributed by atoms with Crippen molar-refractivity contribution >= 4 is 21.4 Å². The van der Waals surface area contributed by atoms with Crippen LogP contribution in [0.3, 0.4) is 0 Å². The number of halogens is 1. The molecule has 4 nitrogen and oxygen atoms in total. The third kappa shape index (κ3) is 3.41. The monoisotopic (exact) mass is 368 g/mol. The maximum absolute atomic E-state index is 12.6. The SMILES string of the molecule is CS(=O)(=O)c1c(-c2ccc(Cl)cc2)ncc(C#N)c1-c1ccccc1. The molecule has 1 aromatic heterocycles. The maximum atomic E-state index is 12.6. The maximum Gasteiger partial charge on any atom is 0.178 e. The van der Waals surface area contributed by atoms with Crippen LogP contribution in [-0.4, -0.2) is 19.7 Å². The third-order valence-corrected chi connectivity index (χ3v) is 5.10. The van der Waals surface area contributed by atoms with Crippen LogP contribution in [0.15, 0.2) is 65.7 Å². The highest BCUT2D eigenvalue weighted by Crippen LogP contribution is 2.36. The van der Waals surface area contributed by atoms with Crippen LogP contribution in [0.4, 0.5) is 0 Å². The summed E-state index contributed by atoms with van der Waals surface area (Å²) in [7, 11) is -3.65. The lowest BCUT2D eigenvalue weighted by atomic mass is 9.99. The lowest BCUT2D eigenvalue weighted by Crippen LogP contribution is -2.06. The van der Waals surface area contributed by atoms with Gasteiger partial charge in [0.05, 0.1) is 11.3 Å². The summed E-state index contributed by atoms with van der Waals surface area (Å²) in [6.07, 6.45) is 2.53. The van der Waals surface area contributed by atoms with E-state index in [1.54, 1.807) is 48.5 Å². The summed E-state index contributed by atoms with van der Waals surface area (Å²) in [4.78, 5) is 4.30. The van der Waals surface area contributed by atoms with Crippen molar-refractivity contribution in [2.24, 2.45) is 0 Å². The van der Waals surface area contributed by atoms with E-state index in [0.29, 0.717) is 27.4 Å². The number of benzene rings is 2. The van der Waals surface area contributed by atoms with E-state index < -0.39 is 9.84 Å². The van der Waals surface area contributed by atoms with Gasteiger partial charge in [0.2, 0.25) is 0 Å². The Hall–Kier alpha value is -2.68. The van der Waals surface area contributed by atoms with Gasteiger partial charge in [-0.3, -0.25) is 4.98 Å². The van der Waals surface area contributed by atoms with E-state index in [1.807, 2.05) is 12.1 Å². The summed E-state index contributed by atoms with van der Waals surface area (Å²) in [5.41, 5.74) is 2.15. The molecule has 0 radical (unpaired) electrons. The van der Waals surface area contributed by atoms with Gasteiger partial charge in [-0.2, -0.15) is 5.26 Å². The van der Waals surface area contributed by atoms with Gasteiger partial charge in [0.1, 0.15) is 11.0 Å². The highest BCUT2D eigenvalue weighted by Gasteiger charge is 2.24. The second-order valence-electron chi connectivity index (χ2n) is 5.48. The molecule has 0 unspecified atom stereocenters. The molecule has 6 heteroatoms. The minimum absolute atomic E-state index is 0.0417. The Morgan fingerprint density at radius 2 is 1.64 bits per heavy atom. The smallest absolute Gasteiger partial charge is 0.178 e. The average molecular weight is 369 g/mol. The first-order chi connectivity index (χ1) is 11.9. The molecule has 2 aromatic carbocycles. The molecular weight excluding hydrogens is 356 g/mol. The molecule has 0 N–H and O–H groups in total. The topological polar surface area (TPSA) is 70.8 Å². The van der Waals surface area contributed by atoms with Gasteiger partial charge < -0.3 is 0 Å². The lowest BCUT2D eigenvalue weighted by Gasteiger charge is -2.15. The molecule has 3 rings (SSSR count). The quantitative estimate of drug-likeness (QED) is 0.689. The molecule has 1 heterocycles. The lowest BCUT2D eigenvalue weighted by molar-refractivity contribution is 0.602. The van der Waals surface area contributed by atoms with Gasteiger partial charge in [0, 0.05) is 28.6 Å². The number of rotatable bonds is 3. The van der Waals surface area contributed by atoms with Crippen molar-refractivity contribution in [2.45, 2.75) is 4.90 Å². The molecule has 0 amide bonds. The van der Waals surface area contributed by atoms with E-state index in [4.69, 9.17) is 11.6 Å². The van der Waals surface area contributed by atoms with Crippen molar-refractivity contribution in [1.82, 2.24) is 4.98 Å². The number of sulfone groups is 1. The zero-order valence-corrected chi connectivity index (χ0v) is 14.8. The first kappa shape index (κ1) is 17.2. The van der Waals surface area contributed by atoms with Crippen LogP contribution >= 0.6 is 11.6 Å². The molecule has 0 aliphatic rings. The fourth-order valence-corrected chi connectivity index (χ4v) is 3.89. The molecule has 25 heavy (non-hydrogen) atoms. The second-order valence-corrected chi connectivity index (χ2v) is 7.87. The van der Waals surface area contributed by atoms with Crippen LogP contribution in [0, 0.1) is 11.3 Å². The Kier molecular flexibility index (Phi) is 4.58. The molecule has 0 atom stereocenters. The normalized spacial score (nSPS) is 11.1. The van der Waals surface area contributed by atoms with E-state index >= 15 is 0 Å². The Bertz CT molecular complexity index is 1070. The van der Waals surface area contributed by atoms with Crippen LogP contribution in [0.5, 0.6) is 0 Å². The number of hydrogen-bond acceptors (Lipinski definition) is 4. The molecule has 0 saturated heterocycles. The van der Waals surface area contributed by atoms with Gasteiger partial charge in [-0.15, -0.1) is 0 Å². The van der Waals surface area contributed by atoms with Gasteiger partial charge in [0.25, 0.3) is 0 Å². The predicted octanol–water partition coefficient (Wildman–Crippen LogP) is 4.34. The molecule has 3 aromatic rings. The third-order valence-electron chi connectivity index (χ3n) is 3.71. The molecule has 0 fully saturated rings. The van der Waals surface area contributed by atoms with Gasteiger partial charge in [-0.25, -0.2) is 8.42 Å². The van der Waals surface area contributed by atoms with Crippen molar-refractivity contribution < 1.29 is 8.42 Å². The molecular formula is C19H13ClN2O2S. The summed E-state index contributed by atoms with van der Waals surface area (Å²) < 4.78 is 25.2. The fourth-order valence-electron chi connectivity index (χ4n) is 2.64. The van der Waals surface area contributed by atoms with Crippen molar-refractivity contribution in [3.63, 3.8) is 0 Å². The Labute approximate surface area is 151 Å². The second kappa shape index (κ2) is 6.67. The van der Waals surface area contributed by atoms with Crippen LogP contribution in [0.1, 0.15) is 5.56 Å². The van der Waals surface area contributed by atoms with Gasteiger partial charge in [0.15, 0.2) is 9.84 Å². The molecule has 0 spiro atoms. The molecule has 0 saturated carbocycles. The van der Waals surface area contributed by atoms with Gasteiger partial charge >= 0.3 is 0 Å². The van der Waals surface area contributed by atoms with Gasteiger partial charge in [-0.05, 0) is 17.7 Å². The van der Waals surface area contributed by atoms with Crippen LogP contribution in [0.25, 0.3) is 22.4 Å². The highest BCUT2D eigenvalue weighted by molar-refractivity contribution is 7.91. The van der Waals surface area contributed by atoms with E-state index in [2.05, 4.69) is 4.98 Å². The highest BCUT2D eigenvalue weighted by atomic mass is 35.5. The van der Waals surface area contributed by atoms with Crippen molar-refractivity contribution in [2.75, 3.05) is 6.26 Å². The first-order valence-corrected chi connectivity index (χ1v) is 9.63. The van der Waals surface area contributed by atoms with E-state index in [0.717, 1.165) is 6.26 Å². The number of pyridine rings is 1. The molecule has 0 bridgehead atoms. The van der Waals surface area contributed by atoms with Crippen molar-refractivity contribution in [3.05, 3.63) is 71.4 Å². The molecule has 0 aliphatic heterocycles. The fraction of sp³-hybridized carbons (Fsp3) is 0.0526. The van der Waals surface area contributed by atoms with E-state index in [1.165, 1.54) is 6.20 Å². The Morgan fingerprint density at radius 1 is 1.00 bits per heavy atom. The Balaban J connectivity index is 2.43. The minimum Gasteiger partial charge on any atom is -0.253 e. The predicted molar refractivity (Wildman–Crippen MR) is 97.9 cm³/mol. The Morgan fingerprint density at radius 3 is 2.20 bits per heavy atom. The summed E-state index contributed by atoms with van der Waals surface area (Å²) >= 11 is 5.92. The summed E-state index contributed by atoms with van der Waals surface area (Å²) in [6.45, 7) is 0. The zero-order valence-electron chi connectivity index (χ0n) is 13.3. The van der Waals surface area contributed by atoms with Crippen LogP contribution < -0.4 is 0 Å². The van der Waals surface area contributed by atoms with E-state index in [-0.39, 0.29) is 10.5 Å². The molecule has 124 valence electrons. The number of nitriles is 1. The number of nitrogens with zero attached hydrogens (tertiary/aromatic N) is 2. The van der Waals surface area contributed by atoms with Crippen molar-refractivity contribution in [3.8, 4) is 28.5 Å². The summed E-state index contributed by atoms with van der Waals surface area (Å²) in [6, 6.07) is 17.8. The first-order valence-electron chi connectivity index (χ1n) is 7.36.